The molecule has 0 fully saturated rings. The SMILES string of the molecule is CCOC(=O)c1ccc(-c2ccc(/C=C(/C)[N+](=O)[O-])o2)cc1. The minimum Gasteiger partial charge on any atom is -0.462 e. The van der Waals surface area contributed by atoms with Crippen LogP contribution >= 0.6 is 0 Å². The summed E-state index contributed by atoms with van der Waals surface area (Å²) < 4.78 is 10.5. The summed E-state index contributed by atoms with van der Waals surface area (Å²) in [5.74, 6) is 0.593. The van der Waals surface area contributed by atoms with Crippen LogP contribution in [0.2, 0.25) is 0 Å². The van der Waals surface area contributed by atoms with Crippen LogP contribution in [-0.4, -0.2) is 17.5 Å². The van der Waals surface area contributed by atoms with Gasteiger partial charge in [0.1, 0.15) is 11.5 Å². The number of benzene rings is 1. The van der Waals surface area contributed by atoms with Gasteiger partial charge in [0.25, 0.3) is 0 Å². The highest BCUT2D eigenvalue weighted by Crippen LogP contribution is 2.24. The third kappa shape index (κ3) is 3.60. The highest BCUT2D eigenvalue weighted by Gasteiger charge is 2.09. The Balaban J connectivity index is 2.19. The minimum atomic E-state index is -0.476. The Bertz CT molecular complexity index is 712. The second kappa shape index (κ2) is 6.71. The fraction of sp³-hybridized carbons (Fsp3) is 0.188. The molecule has 0 aliphatic carbocycles. The lowest BCUT2D eigenvalue weighted by molar-refractivity contribution is -0.422. The number of rotatable bonds is 5. The summed E-state index contributed by atoms with van der Waals surface area (Å²) in [5, 5.41) is 10.6. The number of carbonyl (C=O) groups is 1. The van der Waals surface area contributed by atoms with Crippen molar-refractivity contribution in [2.75, 3.05) is 6.61 Å². The van der Waals surface area contributed by atoms with Gasteiger partial charge >= 0.3 is 5.97 Å². The zero-order valence-electron chi connectivity index (χ0n) is 12.2. The van der Waals surface area contributed by atoms with E-state index in [-0.39, 0.29) is 11.7 Å². The highest BCUT2D eigenvalue weighted by molar-refractivity contribution is 5.89. The topological polar surface area (TPSA) is 82.6 Å². The number of hydrogen-bond donors (Lipinski definition) is 0. The summed E-state index contributed by atoms with van der Waals surface area (Å²) in [6, 6.07) is 10.1. The van der Waals surface area contributed by atoms with Crippen LogP contribution in [0.5, 0.6) is 0 Å². The molecule has 6 nitrogen and oxygen atoms in total. The van der Waals surface area contributed by atoms with Crippen LogP contribution in [0.25, 0.3) is 17.4 Å². The average Bonchev–Trinajstić information content (AvgIpc) is 2.96. The van der Waals surface area contributed by atoms with Crippen molar-refractivity contribution in [3.8, 4) is 11.3 Å². The molecular formula is C16H15NO5. The molecule has 0 amide bonds. The lowest BCUT2D eigenvalue weighted by Crippen LogP contribution is -2.03. The maximum Gasteiger partial charge on any atom is 0.338 e. The zero-order chi connectivity index (χ0) is 16.1. The summed E-state index contributed by atoms with van der Waals surface area (Å²) in [4.78, 5) is 21.7. The van der Waals surface area contributed by atoms with E-state index in [0.717, 1.165) is 5.56 Å². The molecule has 2 aromatic rings. The van der Waals surface area contributed by atoms with E-state index in [9.17, 15) is 14.9 Å². The molecule has 0 aliphatic rings. The molecule has 114 valence electrons. The molecule has 0 N–H and O–H groups in total. The monoisotopic (exact) mass is 301 g/mol. The van der Waals surface area contributed by atoms with Gasteiger partial charge in [0.05, 0.1) is 23.2 Å². The number of carbonyl (C=O) groups excluding carboxylic acids is 1. The standard InChI is InChI=1S/C16H15NO5/c1-3-21-16(18)13-6-4-12(5-7-13)15-9-8-14(22-15)10-11(2)17(19)20/h4-10H,3H2,1-2H3/b11-10-. The smallest absolute Gasteiger partial charge is 0.338 e. The number of ether oxygens (including phenoxy) is 1. The summed E-state index contributed by atoms with van der Waals surface area (Å²) >= 11 is 0. The zero-order valence-corrected chi connectivity index (χ0v) is 12.2. The first-order chi connectivity index (χ1) is 10.5. The summed E-state index contributed by atoms with van der Waals surface area (Å²) in [7, 11) is 0. The Hall–Kier alpha value is -2.89. The van der Waals surface area contributed by atoms with Crippen LogP contribution in [0.1, 0.15) is 30.0 Å². The van der Waals surface area contributed by atoms with Crippen LogP contribution in [0.4, 0.5) is 0 Å². The second-order valence-corrected chi connectivity index (χ2v) is 4.54. The molecule has 0 saturated carbocycles. The van der Waals surface area contributed by atoms with Gasteiger partial charge in [-0.3, -0.25) is 10.1 Å². The van der Waals surface area contributed by atoms with Crippen LogP contribution in [0, 0.1) is 10.1 Å². The van der Waals surface area contributed by atoms with Crippen molar-refractivity contribution in [1.82, 2.24) is 0 Å². The fourth-order valence-corrected chi connectivity index (χ4v) is 1.83. The molecular weight excluding hydrogens is 286 g/mol. The summed E-state index contributed by atoms with van der Waals surface area (Å²) in [6.07, 6.45) is 1.36. The van der Waals surface area contributed by atoms with Gasteiger partial charge in [0, 0.05) is 12.5 Å². The molecule has 1 heterocycles. The Morgan fingerprint density at radius 2 is 1.95 bits per heavy atom. The molecule has 0 atom stereocenters. The molecule has 0 bridgehead atoms. The number of nitro groups is 1. The molecule has 0 saturated heterocycles. The number of furan rings is 1. The molecule has 0 spiro atoms. The molecule has 1 aromatic heterocycles. The number of esters is 1. The highest BCUT2D eigenvalue weighted by atomic mass is 16.6. The predicted molar refractivity (Wildman–Crippen MR) is 80.7 cm³/mol. The first-order valence-corrected chi connectivity index (χ1v) is 6.71. The van der Waals surface area contributed by atoms with Crippen molar-refractivity contribution in [1.29, 1.82) is 0 Å². The van der Waals surface area contributed by atoms with Crippen molar-refractivity contribution >= 4 is 12.0 Å². The van der Waals surface area contributed by atoms with Crippen LogP contribution in [0.15, 0.2) is 46.5 Å². The number of allylic oxidation sites excluding steroid dienone is 1. The number of hydrogen-bond acceptors (Lipinski definition) is 5. The Morgan fingerprint density at radius 1 is 1.27 bits per heavy atom. The minimum absolute atomic E-state index is 0.00133. The van der Waals surface area contributed by atoms with E-state index < -0.39 is 4.92 Å². The maximum absolute atomic E-state index is 11.6. The Labute approximate surface area is 127 Å². The van der Waals surface area contributed by atoms with Gasteiger partial charge < -0.3 is 9.15 Å². The molecule has 22 heavy (non-hydrogen) atoms. The maximum atomic E-state index is 11.6. The largest absolute Gasteiger partial charge is 0.462 e. The molecule has 0 aliphatic heterocycles. The fourth-order valence-electron chi connectivity index (χ4n) is 1.83. The van der Waals surface area contributed by atoms with Crippen LogP contribution in [-0.2, 0) is 4.74 Å². The van der Waals surface area contributed by atoms with E-state index in [4.69, 9.17) is 9.15 Å². The van der Waals surface area contributed by atoms with E-state index in [1.165, 1.54) is 13.0 Å². The van der Waals surface area contributed by atoms with E-state index in [0.29, 0.717) is 23.7 Å². The van der Waals surface area contributed by atoms with Crippen molar-refractivity contribution in [3.63, 3.8) is 0 Å². The van der Waals surface area contributed by atoms with Crippen molar-refractivity contribution in [2.24, 2.45) is 0 Å². The van der Waals surface area contributed by atoms with E-state index in [1.807, 2.05) is 0 Å². The van der Waals surface area contributed by atoms with Gasteiger partial charge in [-0.25, -0.2) is 4.79 Å². The predicted octanol–water partition coefficient (Wildman–Crippen LogP) is 3.76. The van der Waals surface area contributed by atoms with Crippen molar-refractivity contribution < 1.29 is 18.9 Å². The number of nitrogens with zero attached hydrogens (tertiary/aromatic N) is 1. The molecule has 6 heteroatoms. The quantitative estimate of drug-likeness (QED) is 0.477. The van der Waals surface area contributed by atoms with E-state index in [2.05, 4.69) is 0 Å². The van der Waals surface area contributed by atoms with Crippen molar-refractivity contribution in [3.05, 3.63) is 63.5 Å². The average molecular weight is 301 g/mol. The molecule has 2 rings (SSSR count). The van der Waals surface area contributed by atoms with Crippen LogP contribution < -0.4 is 0 Å². The molecule has 1 aromatic carbocycles. The van der Waals surface area contributed by atoms with Gasteiger partial charge in [-0.2, -0.15) is 0 Å². The summed E-state index contributed by atoms with van der Waals surface area (Å²) in [5.41, 5.74) is 1.23. The second-order valence-electron chi connectivity index (χ2n) is 4.54. The third-order valence-electron chi connectivity index (χ3n) is 2.95. The van der Waals surface area contributed by atoms with Gasteiger partial charge in [-0.1, -0.05) is 12.1 Å². The Morgan fingerprint density at radius 3 is 2.55 bits per heavy atom. The summed E-state index contributed by atoms with van der Waals surface area (Å²) in [6.45, 7) is 3.47. The lowest BCUT2D eigenvalue weighted by Gasteiger charge is -2.02. The first kappa shape index (κ1) is 15.5. The van der Waals surface area contributed by atoms with Gasteiger partial charge in [-0.05, 0) is 31.2 Å². The van der Waals surface area contributed by atoms with Gasteiger partial charge in [0.2, 0.25) is 5.70 Å². The van der Waals surface area contributed by atoms with Gasteiger partial charge in [0.15, 0.2) is 0 Å². The lowest BCUT2D eigenvalue weighted by atomic mass is 10.1. The van der Waals surface area contributed by atoms with Gasteiger partial charge in [-0.15, -0.1) is 0 Å². The van der Waals surface area contributed by atoms with E-state index >= 15 is 0 Å². The third-order valence-corrected chi connectivity index (χ3v) is 2.95. The van der Waals surface area contributed by atoms with Crippen molar-refractivity contribution in [2.45, 2.75) is 13.8 Å². The first-order valence-electron chi connectivity index (χ1n) is 6.71. The Kier molecular flexibility index (Phi) is 4.73. The van der Waals surface area contributed by atoms with Crippen LogP contribution in [0.3, 0.4) is 0 Å². The molecule has 0 radical (unpaired) electrons. The normalized spacial score (nSPS) is 11.3. The molecule has 0 unspecified atom stereocenters. The van der Waals surface area contributed by atoms with E-state index in [1.54, 1.807) is 43.3 Å².